The summed E-state index contributed by atoms with van der Waals surface area (Å²) in [5, 5.41) is 0. The van der Waals surface area contributed by atoms with Gasteiger partial charge in [-0.2, -0.15) is 0 Å². The highest BCUT2D eigenvalue weighted by Crippen LogP contribution is 2.31. The highest BCUT2D eigenvalue weighted by Gasteiger charge is 2.22. The lowest BCUT2D eigenvalue weighted by atomic mass is 9.82. The summed E-state index contributed by atoms with van der Waals surface area (Å²) in [7, 11) is 0. The Morgan fingerprint density at radius 3 is 2.40 bits per heavy atom. The van der Waals surface area contributed by atoms with Crippen molar-refractivity contribution in [3.63, 3.8) is 0 Å². The molecule has 0 saturated carbocycles. The van der Waals surface area contributed by atoms with Crippen molar-refractivity contribution in [2.75, 3.05) is 0 Å². The maximum Gasteiger partial charge on any atom is 0.0344 e. The van der Waals surface area contributed by atoms with Crippen molar-refractivity contribution >= 4 is 6.08 Å². The summed E-state index contributed by atoms with van der Waals surface area (Å²) >= 11 is 0. The van der Waals surface area contributed by atoms with Crippen molar-refractivity contribution in [2.24, 2.45) is 11.1 Å². The van der Waals surface area contributed by atoms with Gasteiger partial charge in [-0.1, -0.05) is 45.6 Å². The molecule has 0 amide bonds. The van der Waals surface area contributed by atoms with Crippen molar-refractivity contribution in [3.8, 4) is 0 Å². The maximum absolute atomic E-state index is 6.21. The van der Waals surface area contributed by atoms with E-state index in [1.165, 1.54) is 16.7 Å². The Morgan fingerprint density at radius 1 is 1.33 bits per heavy atom. The Balaban J connectivity index is 3.11. The van der Waals surface area contributed by atoms with Crippen LogP contribution in [0.2, 0.25) is 0 Å². The molecule has 0 heterocycles. The first kappa shape index (κ1) is 12.0. The quantitative estimate of drug-likeness (QED) is 0.779. The van der Waals surface area contributed by atoms with E-state index in [1.807, 2.05) is 6.08 Å². The van der Waals surface area contributed by atoms with Gasteiger partial charge in [0.25, 0.3) is 0 Å². The molecule has 1 rings (SSSR count). The molecular formula is C14H21N. The number of rotatable bonds is 2. The molecule has 1 aromatic carbocycles. The zero-order valence-electron chi connectivity index (χ0n) is 10.2. The molecule has 15 heavy (non-hydrogen) atoms. The minimum atomic E-state index is 0.0665. The molecule has 1 atom stereocenters. The van der Waals surface area contributed by atoms with Crippen molar-refractivity contribution < 1.29 is 0 Å². The summed E-state index contributed by atoms with van der Waals surface area (Å²) in [6.07, 6.45) is 1.88. The van der Waals surface area contributed by atoms with Gasteiger partial charge in [-0.15, -0.1) is 0 Å². The van der Waals surface area contributed by atoms with E-state index in [-0.39, 0.29) is 11.5 Å². The molecular weight excluding hydrogens is 182 g/mol. The minimum absolute atomic E-state index is 0.0665. The summed E-state index contributed by atoms with van der Waals surface area (Å²) in [4.78, 5) is 0. The first-order valence-electron chi connectivity index (χ1n) is 5.35. The van der Waals surface area contributed by atoms with Gasteiger partial charge in [0.05, 0.1) is 0 Å². The Hall–Kier alpha value is -1.08. The monoisotopic (exact) mass is 203 g/mol. The van der Waals surface area contributed by atoms with E-state index >= 15 is 0 Å². The van der Waals surface area contributed by atoms with E-state index in [9.17, 15) is 0 Å². The molecule has 0 radical (unpaired) electrons. The van der Waals surface area contributed by atoms with Gasteiger partial charge in [-0.05, 0) is 35.1 Å². The number of nitrogens with two attached hydrogens (primary N) is 1. The number of hydrogen-bond acceptors (Lipinski definition) is 1. The summed E-state index contributed by atoms with van der Waals surface area (Å²) in [5.74, 6) is 0. The summed E-state index contributed by atoms with van der Waals surface area (Å²) < 4.78 is 0. The van der Waals surface area contributed by atoms with Crippen molar-refractivity contribution in [1.82, 2.24) is 0 Å². The minimum Gasteiger partial charge on any atom is -0.324 e. The van der Waals surface area contributed by atoms with Gasteiger partial charge in [0.15, 0.2) is 0 Å². The number of hydrogen-bond donors (Lipinski definition) is 1. The fraction of sp³-hybridized carbons (Fsp3) is 0.429. The molecule has 1 unspecified atom stereocenters. The van der Waals surface area contributed by atoms with Crippen LogP contribution in [0.3, 0.4) is 0 Å². The molecule has 0 aromatic heterocycles. The van der Waals surface area contributed by atoms with Crippen LogP contribution in [0.15, 0.2) is 24.8 Å². The fourth-order valence-corrected chi connectivity index (χ4v) is 1.57. The number of benzene rings is 1. The average molecular weight is 203 g/mol. The summed E-state index contributed by atoms with van der Waals surface area (Å²) in [6.45, 7) is 12.4. The Morgan fingerprint density at radius 2 is 1.93 bits per heavy atom. The van der Waals surface area contributed by atoms with E-state index in [0.29, 0.717) is 0 Å². The van der Waals surface area contributed by atoms with E-state index in [0.717, 1.165) is 0 Å². The zero-order chi connectivity index (χ0) is 11.6. The second-order valence-corrected chi connectivity index (χ2v) is 5.16. The van der Waals surface area contributed by atoms with Crippen LogP contribution in [-0.2, 0) is 0 Å². The van der Waals surface area contributed by atoms with E-state index in [4.69, 9.17) is 5.73 Å². The third-order valence-corrected chi connectivity index (χ3v) is 2.82. The van der Waals surface area contributed by atoms with Gasteiger partial charge in [0.2, 0.25) is 0 Å². The Labute approximate surface area is 93.0 Å². The summed E-state index contributed by atoms with van der Waals surface area (Å²) in [6, 6.07) is 6.42. The normalized spacial score (nSPS) is 13.7. The molecule has 1 nitrogen and oxygen atoms in total. The van der Waals surface area contributed by atoms with Crippen LogP contribution in [0.1, 0.15) is 43.5 Å². The largest absolute Gasteiger partial charge is 0.324 e. The van der Waals surface area contributed by atoms with Gasteiger partial charge in [0.1, 0.15) is 0 Å². The van der Waals surface area contributed by atoms with Gasteiger partial charge in [-0.25, -0.2) is 0 Å². The van der Waals surface area contributed by atoms with E-state index in [1.54, 1.807) is 0 Å². The predicted molar refractivity (Wildman–Crippen MR) is 67.7 cm³/mol. The molecule has 0 aliphatic carbocycles. The van der Waals surface area contributed by atoms with Gasteiger partial charge >= 0.3 is 0 Å². The van der Waals surface area contributed by atoms with Crippen LogP contribution in [0, 0.1) is 12.3 Å². The van der Waals surface area contributed by atoms with Crippen molar-refractivity contribution in [3.05, 3.63) is 41.5 Å². The Kier molecular flexibility index (Phi) is 3.35. The van der Waals surface area contributed by atoms with Crippen LogP contribution in [0.25, 0.3) is 6.08 Å². The highest BCUT2D eigenvalue weighted by molar-refractivity contribution is 5.53. The molecule has 1 aromatic rings. The Bertz CT molecular complexity index is 358. The predicted octanol–water partition coefficient (Wildman–Crippen LogP) is 3.68. The maximum atomic E-state index is 6.21. The molecule has 0 aliphatic heterocycles. The molecule has 82 valence electrons. The molecule has 0 fully saturated rings. The molecule has 0 bridgehead atoms. The zero-order valence-corrected chi connectivity index (χ0v) is 10.2. The first-order valence-corrected chi connectivity index (χ1v) is 5.35. The van der Waals surface area contributed by atoms with Crippen LogP contribution >= 0.6 is 0 Å². The third kappa shape index (κ3) is 2.69. The molecule has 0 saturated heterocycles. The standard InChI is InChI=1S/C14H21N/c1-6-11-9-12(8-7-10(11)2)13(15)14(3,4)5/h6-9,13H,1,15H2,2-5H3. The van der Waals surface area contributed by atoms with Gasteiger partial charge < -0.3 is 5.73 Å². The second-order valence-electron chi connectivity index (χ2n) is 5.16. The third-order valence-electron chi connectivity index (χ3n) is 2.82. The van der Waals surface area contributed by atoms with Gasteiger partial charge in [-0.3, -0.25) is 0 Å². The molecule has 0 aliphatic rings. The van der Waals surface area contributed by atoms with Gasteiger partial charge in [0, 0.05) is 6.04 Å². The topological polar surface area (TPSA) is 26.0 Å². The molecule has 2 N–H and O–H groups in total. The molecule has 0 spiro atoms. The van der Waals surface area contributed by atoms with Crippen LogP contribution < -0.4 is 5.73 Å². The van der Waals surface area contributed by atoms with Crippen LogP contribution in [0.4, 0.5) is 0 Å². The first-order chi connectivity index (χ1) is 6.86. The smallest absolute Gasteiger partial charge is 0.0344 e. The van der Waals surface area contributed by atoms with Crippen molar-refractivity contribution in [2.45, 2.75) is 33.7 Å². The van der Waals surface area contributed by atoms with Crippen LogP contribution in [-0.4, -0.2) is 0 Å². The fourth-order valence-electron chi connectivity index (χ4n) is 1.57. The van der Waals surface area contributed by atoms with Crippen molar-refractivity contribution in [1.29, 1.82) is 0 Å². The highest BCUT2D eigenvalue weighted by atomic mass is 14.7. The lowest BCUT2D eigenvalue weighted by molar-refractivity contribution is 0.327. The molecule has 1 heteroatoms. The van der Waals surface area contributed by atoms with Crippen LogP contribution in [0.5, 0.6) is 0 Å². The average Bonchev–Trinajstić information content (AvgIpc) is 2.16. The summed E-state index contributed by atoms with van der Waals surface area (Å²) in [5.41, 5.74) is 9.90. The lowest BCUT2D eigenvalue weighted by Gasteiger charge is -2.27. The lowest BCUT2D eigenvalue weighted by Crippen LogP contribution is -2.26. The second kappa shape index (κ2) is 4.19. The number of aryl methyl sites for hydroxylation is 1. The van der Waals surface area contributed by atoms with E-state index in [2.05, 4.69) is 52.5 Å². The van der Waals surface area contributed by atoms with E-state index < -0.39 is 0 Å². The SMILES string of the molecule is C=Cc1cc(C(N)C(C)(C)C)ccc1C.